The number of nitrogens with zero attached hydrogens (tertiary/aromatic N) is 1. The molecule has 2 aromatic carbocycles. The van der Waals surface area contributed by atoms with Crippen molar-refractivity contribution in [2.75, 3.05) is 13.7 Å². The van der Waals surface area contributed by atoms with Crippen LogP contribution in [0.2, 0.25) is 28.2 Å². The van der Waals surface area contributed by atoms with Crippen LogP contribution in [0, 0.1) is 11.3 Å². The van der Waals surface area contributed by atoms with E-state index in [0.717, 1.165) is 17.5 Å². The molecule has 0 aromatic heterocycles. The summed E-state index contributed by atoms with van der Waals surface area (Å²) < 4.78 is 17.9. The Morgan fingerprint density at radius 3 is 2.23 bits per heavy atom. The van der Waals surface area contributed by atoms with Crippen molar-refractivity contribution >= 4 is 43.5 Å². The van der Waals surface area contributed by atoms with Crippen molar-refractivity contribution in [3.05, 3.63) is 63.6 Å². The van der Waals surface area contributed by atoms with Gasteiger partial charge < -0.3 is 13.9 Å². The van der Waals surface area contributed by atoms with Gasteiger partial charge in [-0.25, -0.2) is 9.69 Å². The Morgan fingerprint density at radius 2 is 1.68 bits per heavy atom. The maximum Gasteiger partial charge on any atom is 0.417 e. The average molecular weight is 663 g/mol. The van der Waals surface area contributed by atoms with Gasteiger partial charge >= 0.3 is 6.09 Å². The van der Waals surface area contributed by atoms with Crippen molar-refractivity contribution in [1.29, 1.82) is 0 Å². The van der Waals surface area contributed by atoms with Crippen LogP contribution in [-0.4, -0.2) is 50.6 Å². The van der Waals surface area contributed by atoms with Crippen molar-refractivity contribution in [3.63, 3.8) is 0 Å². The molecule has 0 spiro atoms. The van der Waals surface area contributed by atoms with Crippen LogP contribution in [0.5, 0.6) is 5.75 Å². The van der Waals surface area contributed by atoms with E-state index in [1.54, 1.807) is 7.11 Å². The molecule has 4 rings (SSSR count). The Bertz CT molecular complexity index is 1370. The minimum absolute atomic E-state index is 0.00264. The third kappa shape index (κ3) is 6.72. The second-order valence-corrected chi connectivity index (χ2v) is 20.7. The highest BCUT2D eigenvalue weighted by atomic mass is 35.5. The summed E-state index contributed by atoms with van der Waals surface area (Å²) in [6.07, 6.45) is 1.26. The first-order valence-electron chi connectivity index (χ1n) is 15.6. The van der Waals surface area contributed by atoms with E-state index in [0.29, 0.717) is 35.2 Å². The van der Waals surface area contributed by atoms with Gasteiger partial charge in [-0.1, -0.05) is 62.2 Å². The summed E-state index contributed by atoms with van der Waals surface area (Å²) >= 11 is 13.3. The number of carbonyl (C=O) groups is 2. The Labute approximate surface area is 274 Å². The highest BCUT2D eigenvalue weighted by Crippen LogP contribution is 2.63. The minimum Gasteiger partial charge on any atom is -0.497 e. The summed E-state index contributed by atoms with van der Waals surface area (Å²) in [5.41, 5.74) is 0.529. The molecule has 1 aliphatic carbocycles. The van der Waals surface area contributed by atoms with Crippen LogP contribution in [-0.2, 0) is 14.0 Å². The van der Waals surface area contributed by atoms with Gasteiger partial charge in [-0.15, -0.1) is 0 Å². The molecule has 242 valence electrons. The van der Waals surface area contributed by atoms with E-state index in [-0.39, 0.29) is 28.7 Å². The molecular weight excluding hydrogens is 613 g/mol. The number of benzene rings is 2. The fourth-order valence-electron chi connectivity index (χ4n) is 7.02. The Hall–Kier alpha value is -2.06. The molecule has 9 heteroatoms. The zero-order valence-corrected chi connectivity index (χ0v) is 30.4. The van der Waals surface area contributed by atoms with Crippen molar-refractivity contribution in [2.45, 2.75) is 109 Å². The molecule has 1 aliphatic heterocycles. The van der Waals surface area contributed by atoms with Gasteiger partial charge in [0.05, 0.1) is 12.5 Å². The summed E-state index contributed by atoms with van der Waals surface area (Å²) in [6.45, 7) is 19.0. The molecule has 2 aromatic rings. The molecule has 2 aliphatic rings. The lowest BCUT2D eigenvalue weighted by molar-refractivity contribution is -0.139. The molecular formula is C35H49Cl2NO5Si. The van der Waals surface area contributed by atoms with Gasteiger partial charge in [0, 0.05) is 28.6 Å². The molecule has 0 radical (unpaired) electrons. The van der Waals surface area contributed by atoms with Crippen LogP contribution >= 0.6 is 23.2 Å². The summed E-state index contributed by atoms with van der Waals surface area (Å²) in [6, 6.07) is 13.3. The molecule has 0 unspecified atom stereocenters. The molecule has 1 heterocycles. The van der Waals surface area contributed by atoms with E-state index >= 15 is 0 Å². The number of hydrogen-bond acceptors (Lipinski definition) is 5. The molecule has 2 fully saturated rings. The van der Waals surface area contributed by atoms with Gasteiger partial charge in [0.25, 0.3) is 0 Å². The summed E-state index contributed by atoms with van der Waals surface area (Å²) in [5, 5.41) is 1.31. The van der Waals surface area contributed by atoms with Crippen molar-refractivity contribution in [1.82, 2.24) is 4.90 Å². The Balaban J connectivity index is 1.85. The third-order valence-electron chi connectivity index (χ3n) is 10.2. The fraction of sp³-hybridized carbons (Fsp3) is 0.600. The maximum absolute atomic E-state index is 14.7. The van der Waals surface area contributed by atoms with E-state index in [4.69, 9.17) is 37.1 Å². The third-order valence-corrected chi connectivity index (χ3v) is 15.3. The number of imide groups is 1. The van der Waals surface area contributed by atoms with Gasteiger partial charge in [-0.2, -0.15) is 0 Å². The first-order valence-corrected chi connectivity index (χ1v) is 19.3. The number of methoxy groups -OCH3 is 1. The highest BCUT2D eigenvalue weighted by molar-refractivity contribution is 6.74. The lowest BCUT2D eigenvalue weighted by atomic mass is 9.54. The molecule has 0 bridgehead atoms. The van der Waals surface area contributed by atoms with Gasteiger partial charge in [-0.3, -0.25) is 4.79 Å². The summed E-state index contributed by atoms with van der Waals surface area (Å²) in [5.74, 6) is 0.203. The van der Waals surface area contributed by atoms with Gasteiger partial charge in [0.2, 0.25) is 5.91 Å². The largest absolute Gasteiger partial charge is 0.497 e. The molecule has 1 saturated carbocycles. The maximum atomic E-state index is 14.7. The van der Waals surface area contributed by atoms with E-state index in [1.807, 2.05) is 70.2 Å². The van der Waals surface area contributed by atoms with Crippen LogP contribution in [0.25, 0.3) is 0 Å². The van der Waals surface area contributed by atoms with Crippen LogP contribution in [0.1, 0.15) is 90.7 Å². The SMILES string of the molecule is COc1ccc([C@@H]2CC[C@@]3(CCO[Si](C)(C)C(C)(C)C)C(=O)N(C(=O)OC(C)(C)C)[C@H](C)[C@H]3[C@H]2c2ccc(Cl)cc2)c(Cl)c1. The predicted molar refractivity (Wildman–Crippen MR) is 180 cm³/mol. The summed E-state index contributed by atoms with van der Waals surface area (Å²) in [7, 11) is -0.452. The van der Waals surface area contributed by atoms with Gasteiger partial charge in [0.1, 0.15) is 11.4 Å². The lowest BCUT2D eigenvalue weighted by Gasteiger charge is -2.48. The number of carbonyl (C=O) groups excluding carboxylic acids is 2. The number of hydrogen-bond donors (Lipinski definition) is 0. The van der Waals surface area contributed by atoms with Crippen molar-refractivity contribution < 1.29 is 23.5 Å². The zero-order chi connectivity index (χ0) is 32.8. The fourth-order valence-corrected chi connectivity index (χ4v) is 8.50. The van der Waals surface area contributed by atoms with Crippen molar-refractivity contribution in [3.8, 4) is 5.75 Å². The number of likely N-dealkylation sites (tertiary alicyclic amines) is 1. The monoisotopic (exact) mass is 661 g/mol. The van der Waals surface area contributed by atoms with E-state index in [1.165, 1.54) is 4.90 Å². The minimum atomic E-state index is -2.08. The predicted octanol–water partition coefficient (Wildman–Crippen LogP) is 9.84. The van der Waals surface area contributed by atoms with Crippen LogP contribution in [0.3, 0.4) is 0 Å². The van der Waals surface area contributed by atoms with Crippen LogP contribution in [0.4, 0.5) is 4.79 Å². The lowest BCUT2D eigenvalue weighted by Crippen LogP contribution is -2.47. The number of halogens is 2. The smallest absolute Gasteiger partial charge is 0.417 e. The number of rotatable bonds is 7. The Kier molecular flexibility index (Phi) is 9.98. The first kappa shape index (κ1) is 34.8. The standard InChI is InChI=1S/C35H49Cl2NO5Si/c1-22-30-29(23-11-13-24(36)14-12-23)27(26-16-15-25(41-8)21-28(26)37)17-18-35(30,19-20-42-44(9,10)34(5,6)7)31(39)38(22)32(40)43-33(2,3)4/h11-16,21-22,27,29-30H,17-20H2,1-10H3/t22-,27+,29+,30+,35+/m1/s1. The second-order valence-electron chi connectivity index (χ2n) is 15.0. The topological polar surface area (TPSA) is 65.1 Å². The van der Waals surface area contributed by atoms with Crippen LogP contribution < -0.4 is 4.74 Å². The van der Waals surface area contributed by atoms with E-state index in [2.05, 4.69) is 33.9 Å². The normalized spacial score (nSPS) is 26.0. The molecule has 1 saturated heterocycles. The Morgan fingerprint density at radius 1 is 1.05 bits per heavy atom. The number of fused-ring (bicyclic) bond motifs is 1. The number of ether oxygens (including phenoxy) is 2. The van der Waals surface area contributed by atoms with E-state index < -0.39 is 31.5 Å². The number of amides is 2. The zero-order valence-electron chi connectivity index (χ0n) is 27.9. The molecule has 44 heavy (non-hydrogen) atoms. The molecule has 5 atom stereocenters. The van der Waals surface area contributed by atoms with Gasteiger partial charge in [0.15, 0.2) is 8.32 Å². The molecule has 2 amide bonds. The van der Waals surface area contributed by atoms with Crippen molar-refractivity contribution in [2.24, 2.45) is 11.3 Å². The quantitative estimate of drug-likeness (QED) is 0.276. The van der Waals surface area contributed by atoms with Crippen LogP contribution in [0.15, 0.2) is 42.5 Å². The average Bonchev–Trinajstić information content (AvgIpc) is 3.13. The highest BCUT2D eigenvalue weighted by Gasteiger charge is 2.65. The van der Waals surface area contributed by atoms with Gasteiger partial charge in [-0.05, 0) is 112 Å². The van der Waals surface area contributed by atoms with E-state index in [9.17, 15) is 9.59 Å². The summed E-state index contributed by atoms with van der Waals surface area (Å²) in [4.78, 5) is 29.8. The molecule has 6 nitrogen and oxygen atoms in total. The first-order chi connectivity index (χ1) is 20.3. The molecule has 0 N–H and O–H groups in total. The second kappa shape index (κ2) is 12.6.